The molecule has 2 aliphatic carbocycles. The van der Waals surface area contributed by atoms with E-state index in [4.69, 9.17) is 9.72 Å². The number of benzene rings is 1. The second kappa shape index (κ2) is 4.73. The van der Waals surface area contributed by atoms with E-state index < -0.39 is 5.97 Å². The number of carboxylic acids is 1. The van der Waals surface area contributed by atoms with Crippen LogP contribution >= 0.6 is 0 Å². The van der Waals surface area contributed by atoms with Crippen LogP contribution in [0.15, 0.2) is 12.1 Å². The molecule has 2 bridgehead atoms. The van der Waals surface area contributed by atoms with Gasteiger partial charge < -0.3 is 14.4 Å². The summed E-state index contributed by atoms with van der Waals surface area (Å²) in [6.45, 7) is 0. The van der Waals surface area contributed by atoms with Crippen LogP contribution in [0.1, 0.15) is 47.8 Å². The molecule has 1 N–H and O–H groups in total. The topological polar surface area (TPSA) is 64.3 Å². The monoisotopic (exact) mass is 300 g/mol. The highest BCUT2D eigenvalue weighted by atomic mass is 16.5. The predicted molar refractivity (Wildman–Crippen MR) is 82.4 cm³/mol. The Bertz CT molecular complexity index is 765. The van der Waals surface area contributed by atoms with Crippen LogP contribution in [0, 0.1) is 11.8 Å². The van der Waals surface area contributed by atoms with Crippen LogP contribution in [0.4, 0.5) is 0 Å². The second-order valence-corrected chi connectivity index (χ2v) is 6.63. The number of methoxy groups -OCH3 is 1. The van der Waals surface area contributed by atoms with Crippen LogP contribution in [0.2, 0.25) is 0 Å². The Morgan fingerprint density at radius 3 is 2.77 bits per heavy atom. The van der Waals surface area contributed by atoms with E-state index in [0.717, 1.165) is 17.3 Å². The van der Waals surface area contributed by atoms with Crippen molar-refractivity contribution >= 4 is 17.0 Å². The molecule has 2 aromatic rings. The van der Waals surface area contributed by atoms with E-state index in [0.29, 0.717) is 23.1 Å². The summed E-state index contributed by atoms with van der Waals surface area (Å²) in [5.41, 5.74) is 1.59. The van der Waals surface area contributed by atoms with E-state index in [1.807, 2.05) is 11.6 Å². The van der Waals surface area contributed by atoms with Crippen molar-refractivity contribution in [1.29, 1.82) is 0 Å². The first kappa shape index (κ1) is 13.6. The van der Waals surface area contributed by atoms with Crippen LogP contribution in [0.25, 0.3) is 11.0 Å². The molecule has 3 atom stereocenters. The van der Waals surface area contributed by atoms with Gasteiger partial charge in [0.2, 0.25) is 0 Å². The van der Waals surface area contributed by atoms with E-state index in [9.17, 15) is 9.90 Å². The van der Waals surface area contributed by atoms with Gasteiger partial charge >= 0.3 is 5.97 Å². The quantitative estimate of drug-likeness (QED) is 0.945. The van der Waals surface area contributed by atoms with E-state index in [-0.39, 0.29) is 5.56 Å². The Labute approximate surface area is 128 Å². The summed E-state index contributed by atoms with van der Waals surface area (Å²) < 4.78 is 7.47. The van der Waals surface area contributed by atoms with Crippen molar-refractivity contribution in [3.05, 3.63) is 23.5 Å². The lowest BCUT2D eigenvalue weighted by Crippen LogP contribution is -2.13. The van der Waals surface area contributed by atoms with E-state index in [2.05, 4.69) is 0 Å². The summed E-state index contributed by atoms with van der Waals surface area (Å²) in [5, 5.41) is 9.43. The molecule has 2 aliphatic rings. The Hall–Kier alpha value is -2.04. The fourth-order valence-electron chi connectivity index (χ4n) is 4.53. The summed E-state index contributed by atoms with van der Waals surface area (Å²) in [4.78, 5) is 16.2. The average molecular weight is 300 g/mol. The fourth-order valence-corrected chi connectivity index (χ4v) is 4.53. The molecule has 5 heteroatoms. The van der Waals surface area contributed by atoms with Gasteiger partial charge in [0, 0.05) is 13.0 Å². The number of nitrogens with zero attached hydrogens (tertiary/aromatic N) is 2. The van der Waals surface area contributed by atoms with E-state index in [1.54, 1.807) is 19.2 Å². The largest absolute Gasteiger partial charge is 0.494 e. The first-order valence-electron chi connectivity index (χ1n) is 7.86. The molecule has 0 amide bonds. The maximum Gasteiger partial charge on any atom is 0.337 e. The van der Waals surface area contributed by atoms with Gasteiger partial charge in [-0.25, -0.2) is 9.78 Å². The highest BCUT2D eigenvalue weighted by molar-refractivity contribution is 6.03. The van der Waals surface area contributed by atoms with Crippen LogP contribution in [-0.2, 0) is 7.05 Å². The lowest BCUT2D eigenvalue weighted by molar-refractivity contribution is 0.0699. The molecule has 1 heterocycles. The number of fused-ring (bicyclic) bond motifs is 3. The molecule has 4 rings (SSSR count). The summed E-state index contributed by atoms with van der Waals surface area (Å²) in [7, 11) is 3.59. The zero-order chi connectivity index (χ0) is 15.4. The number of ether oxygens (including phenoxy) is 1. The average Bonchev–Trinajstić information content (AvgIpc) is 3.20. The minimum atomic E-state index is -0.940. The first-order chi connectivity index (χ1) is 10.6. The molecule has 22 heavy (non-hydrogen) atoms. The highest BCUT2D eigenvalue weighted by Gasteiger charge is 2.42. The minimum absolute atomic E-state index is 0.251. The Balaban J connectivity index is 1.92. The molecular weight excluding hydrogens is 280 g/mol. The molecule has 5 nitrogen and oxygen atoms in total. The van der Waals surface area contributed by atoms with Crippen molar-refractivity contribution in [3.63, 3.8) is 0 Å². The van der Waals surface area contributed by atoms with Gasteiger partial charge in [-0.15, -0.1) is 0 Å². The van der Waals surface area contributed by atoms with E-state index in [1.165, 1.54) is 25.7 Å². The van der Waals surface area contributed by atoms with Crippen LogP contribution in [0.5, 0.6) is 5.75 Å². The number of hydrogen-bond donors (Lipinski definition) is 1. The fraction of sp³-hybridized carbons (Fsp3) is 0.529. The van der Waals surface area contributed by atoms with Gasteiger partial charge in [-0.3, -0.25) is 0 Å². The molecule has 0 spiro atoms. The zero-order valence-electron chi connectivity index (χ0n) is 12.9. The first-order valence-corrected chi connectivity index (χ1v) is 7.86. The number of rotatable bonds is 3. The van der Waals surface area contributed by atoms with Crippen molar-refractivity contribution in [2.24, 2.45) is 18.9 Å². The number of hydrogen-bond acceptors (Lipinski definition) is 3. The normalized spacial score (nSPS) is 26.7. The predicted octanol–water partition coefficient (Wildman–Crippen LogP) is 3.18. The number of aromatic nitrogens is 2. The third-order valence-electron chi connectivity index (χ3n) is 5.54. The molecule has 3 unspecified atom stereocenters. The maximum absolute atomic E-state index is 11.5. The van der Waals surface area contributed by atoms with Gasteiger partial charge in [0.1, 0.15) is 22.6 Å². The molecule has 1 aromatic heterocycles. The molecule has 2 saturated carbocycles. The second-order valence-electron chi connectivity index (χ2n) is 6.63. The SMILES string of the molecule is COc1ccc(C(=O)O)c2nc(C3CC4CCC3C4)n(C)c12. The standard InChI is InChI=1S/C17H20N2O3/c1-19-15-13(22-2)6-5-11(17(20)21)14(15)18-16(19)12-8-9-3-4-10(12)7-9/h5-6,9-10,12H,3-4,7-8H2,1-2H3,(H,20,21). The van der Waals surface area contributed by atoms with Crippen molar-refractivity contribution in [2.75, 3.05) is 7.11 Å². The minimum Gasteiger partial charge on any atom is -0.494 e. The van der Waals surface area contributed by atoms with Crippen LogP contribution in [0.3, 0.4) is 0 Å². The lowest BCUT2D eigenvalue weighted by atomic mass is 9.88. The molecule has 0 radical (unpaired) electrons. The van der Waals surface area contributed by atoms with Crippen LogP contribution in [-0.4, -0.2) is 27.7 Å². The van der Waals surface area contributed by atoms with Crippen molar-refractivity contribution in [3.8, 4) is 5.75 Å². The Morgan fingerprint density at radius 1 is 1.36 bits per heavy atom. The third-order valence-corrected chi connectivity index (χ3v) is 5.54. The molecule has 1 aromatic carbocycles. The Kier molecular flexibility index (Phi) is 2.93. The summed E-state index contributed by atoms with van der Waals surface area (Å²) in [5.74, 6) is 2.77. The van der Waals surface area contributed by atoms with Crippen molar-refractivity contribution in [1.82, 2.24) is 9.55 Å². The van der Waals surface area contributed by atoms with Gasteiger partial charge in [-0.2, -0.15) is 0 Å². The summed E-state index contributed by atoms with van der Waals surface area (Å²) in [6.07, 6.45) is 5.11. The van der Waals surface area contributed by atoms with Crippen molar-refractivity contribution in [2.45, 2.75) is 31.6 Å². The van der Waals surface area contributed by atoms with Gasteiger partial charge in [-0.1, -0.05) is 6.42 Å². The number of carbonyl (C=O) groups is 1. The number of aromatic carboxylic acids is 1. The number of aryl methyl sites for hydroxylation is 1. The molecule has 0 aliphatic heterocycles. The zero-order valence-corrected chi connectivity index (χ0v) is 12.9. The Morgan fingerprint density at radius 2 is 2.18 bits per heavy atom. The van der Waals surface area contributed by atoms with Gasteiger partial charge in [-0.05, 0) is 43.2 Å². The molecular formula is C17H20N2O3. The lowest BCUT2D eigenvalue weighted by Gasteiger charge is -2.21. The summed E-state index contributed by atoms with van der Waals surface area (Å²) in [6, 6.07) is 3.30. The number of imidazole rings is 1. The third kappa shape index (κ3) is 1.77. The highest BCUT2D eigenvalue weighted by Crippen LogP contribution is 2.53. The van der Waals surface area contributed by atoms with Gasteiger partial charge in [0.05, 0.1) is 12.7 Å². The smallest absolute Gasteiger partial charge is 0.337 e. The molecule has 0 saturated heterocycles. The molecule has 116 valence electrons. The molecule has 2 fully saturated rings. The summed E-state index contributed by atoms with van der Waals surface area (Å²) >= 11 is 0. The van der Waals surface area contributed by atoms with Gasteiger partial charge in [0.15, 0.2) is 0 Å². The maximum atomic E-state index is 11.5. The van der Waals surface area contributed by atoms with E-state index >= 15 is 0 Å². The van der Waals surface area contributed by atoms with Crippen LogP contribution < -0.4 is 4.74 Å². The van der Waals surface area contributed by atoms with Crippen molar-refractivity contribution < 1.29 is 14.6 Å². The van der Waals surface area contributed by atoms with Gasteiger partial charge in [0.25, 0.3) is 0 Å². The number of carboxylic acid groups (broad SMARTS) is 1.